The molecule has 1 aliphatic carbocycles. The number of anilines is 1. The molecule has 0 atom stereocenters. The summed E-state index contributed by atoms with van der Waals surface area (Å²) >= 11 is 0. The van der Waals surface area contributed by atoms with Crippen LogP contribution in [0.3, 0.4) is 0 Å². The Labute approximate surface area is 146 Å². The van der Waals surface area contributed by atoms with Crippen molar-refractivity contribution in [3.8, 4) is 0 Å². The summed E-state index contributed by atoms with van der Waals surface area (Å²) in [6.45, 7) is -0.256. The maximum Gasteiger partial charge on any atom is 0.325 e. The second kappa shape index (κ2) is 8.50. The maximum absolute atomic E-state index is 10.9. The highest BCUT2D eigenvalue weighted by atomic mass is 16.4. The molecule has 7 nitrogen and oxygen atoms in total. The van der Waals surface area contributed by atoms with Gasteiger partial charge in [0.2, 0.25) is 0 Å². The summed E-state index contributed by atoms with van der Waals surface area (Å²) < 4.78 is 0. The van der Waals surface area contributed by atoms with E-state index in [0.29, 0.717) is 12.0 Å². The minimum absolute atomic E-state index is 0.256. The van der Waals surface area contributed by atoms with Crippen molar-refractivity contribution in [2.75, 3.05) is 11.9 Å². The Hall–Kier alpha value is -2.57. The quantitative estimate of drug-likeness (QED) is 0.504. The number of benzene rings is 1. The van der Waals surface area contributed by atoms with E-state index in [0.717, 1.165) is 29.4 Å². The third-order valence-corrected chi connectivity index (χ3v) is 4.52. The second-order valence-corrected chi connectivity index (χ2v) is 6.54. The van der Waals surface area contributed by atoms with Crippen LogP contribution in [0.5, 0.6) is 0 Å². The van der Waals surface area contributed by atoms with Gasteiger partial charge in [0.1, 0.15) is 6.54 Å². The van der Waals surface area contributed by atoms with Gasteiger partial charge in [0.05, 0.1) is 11.7 Å². The number of carboxylic acids is 1. The topological polar surface area (TPSA) is 102 Å². The number of nitrogens with zero attached hydrogens (tertiary/aromatic N) is 2. The van der Waals surface area contributed by atoms with Crippen molar-refractivity contribution >= 4 is 28.5 Å². The number of carbonyl (C=O) groups is 1. The third-order valence-electron chi connectivity index (χ3n) is 4.52. The Kier molecular flexibility index (Phi) is 5.87. The first-order valence-corrected chi connectivity index (χ1v) is 8.93. The molecule has 25 heavy (non-hydrogen) atoms. The fraction of sp³-hybridized carbons (Fsp3) is 0.500. The standard InChI is InChI=1S/C18H25N5O2/c24-17(25)12-19-18(21-14-6-4-2-1-3-5-7-14)22-15-9-8-13-11-20-23-16(13)10-15/h8-11,14H,1-7,12H2,(H,20,23)(H,24,25)(H2,19,21,22). The molecule has 0 saturated heterocycles. The summed E-state index contributed by atoms with van der Waals surface area (Å²) in [6, 6.07) is 6.18. The Morgan fingerprint density at radius 1 is 1.24 bits per heavy atom. The summed E-state index contributed by atoms with van der Waals surface area (Å²) in [5.74, 6) is -0.422. The number of H-pyrrole nitrogens is 1. The van der Waals surface area contributed by atoms with E-state index < -0.39 is 5.97 Å². The van der Waals surface area contributed by atoms with Gasteiger partial charge in [0, 0.05) is 17.1 Å². The van der Waals surface area contributed by atoms with Gasteiger partial charge in [0.25, 0.3) is 0 Å². The van der Waals surface area contributed by atoms with E-state index in [2.05, 4.69) is 25.8 Å². The Morgan fingerprint density at radius 2 is 2.00 bits per heavy atom. The molecular weight excluding hydrogens is 318 g/mol. The smallest absolute Gasteiger partial charge is 0.325 e. The number of hydrogen-bond acceptors (Lipinski definition) is 3. The maximum atomic E-state index is 10.9. The number of nitrogens with one attached hydrogen (secondary N) is 3. The minimum atomic E-state index is -0.942. The number of guanidine groups is 1. The van der Waals surface area contributed by atoms with Crippen LogP contribution in [0.25, 0.3) is 10.9 Å². The lowest BCUT2D eigenvalue weighted by atomic mass is 9.97. The van der Waals surface area contributed by atoms with Crippen molar-refractivity contribution in [1.29, 1.82) is 0 Å². The summed E-state index contributed by atoms with van der Waals surface area (Å²) in [5, 5.41) is 23.6. The fourth-order valence-electron chi connectivity index (χ4n) is 3.21. The molecule has 0 amide bonds. The van der Waals surface area contributed by atoms with Crippen molar-refractivity contribution in [1.82, 2.24) is 15.5 Å². The number of aromatic nitrogens is 2. The highest BCUT2D eigenvalue weighted by Crippen LogP contribution is 2.19. The molecule has 0 radical (unpaired) electrons. The summed E-state index contributed by atoms with van der Waals surface area (Å²) in [6.07, 6.45) is 10.2. The average Bonchev–Trinajstić information content (AvgIpc) is 3.02. The van der Waals surface area contributed by atoms with Crippen LogP contribution >= 0.6 is 0 Å². The highest BCUT2D eigenvalue weighted by Gasteiger charge is 2.14. The lowest BCUT2D eigenvalue weighted by molar-refractivity contribution is -0.135. The zero-order chi connectivity index (χ0) is 17.5. The highest BCUT2D eigenvalue weighted by molar-refractivity contribution is 5.96. The van der Waals surface area contributed by atoms with Crippen LogP contribution < -0.4 is 10.6 Å². The van der Waals surface area contributed by atoms with E-state index in [1.165, 1.54) is 32.1 Å². The molecule has 1 heterocycles. The Balaban J connectivity index is 1.71. The van der Waals surface area contributed by atoms with Crippen LogP contribution in [0.2, 0.25) is 0 Å². The van der Waals surface area contributed by atoms with Gasteiger partial charge < -0.3 is 15.7 Å². The van der Waals surface area contributed by atoms with Crippen LogP contribution in [0.4, 0.5) is 5.69 Å². The van der Waals surface area contributed by atoms with Crippen LogP contribution in [-0.2, 0) is 4.79 Å². The summed E-state index contributed by atoms with van der Waals surface area (Å²) in [7, 11) is 0. The van der Waals surface area contributed by atoms with Crippen molar-refractivity contribution in [2.45, 2.75) is 51.0 Å². The van der Waals surface area contributed by atoms with E-state index in [1.54, 1.807) is 6.20 Å². The molecule has 7 heteroatoms. The first-order valence-electron chi connectivity index (χ1n) is 8.93. The van der Waals surface area contributed by atoms with Crippen molar-refractivity contribution in [2.24, 2.45) is 4.99 Å². The summed E-state index contributed by atoms with van der Waals surface area (Å²) in [4.78, 5) is 15.1. The van der Waals surface area contributed by atoms with Crippen molar-refractivity contribution in [3.63, 3.8) is 0 Å². The lowest BCUT2D eigenvalue weighted by Gasteiger charge is -2.23. The number of hydrogen-bond donors (Lipinski definition) is 4. The molecule has 0 aliphatic heterocycles. The van der Waals surface area contributed by atoms with E-state index in [1.807, 2.05) is 18.2 Å². The Morgan fingerprint density at radius 3 is 2.76 bits per heavy atom. The molecule has 0 spiro atoms. The van der Waals surface area contributed by atoms with Gasteiger partial charge in [-0.2, -0.15) is 5.10 Å². The molecule has 0 unspecified atom stereocenters. The normalized spacial score (nSPS) is 17.0. The molecule has 1 aliphatic rings. The van der Waals surface area contributed by atoms with Crippen LogP contribution in [0.1, 0.15) is 44.9 Å². The number of aromatic amines is 1. The fourth-order valence-corrected chi connectivity index (χ4v) is 3.21. The number of aliphatic carboxylic acids is 1. The van der Waals surface area contributed by atoms with Crippen LogP contribution in [0, 0.1) is 0 Å². The van der Waals surface area contributed by atoms with Gasteiger partial charge in [0.15, 0.2) is 5.96 Å². The van der Waals surface area contributed by atoms with Gasteiger partial charge >= 0.3 is 5.97 Å². The van der Waals surface area contributed by atoms with Gasteiger partial charge in [-0.15, -0.1) is 0 Å². The molecule has 1 saturated carbocycles. The molecule has 3 rings (SSSR count). The monoisotopic (exact) mass is 343 g/mol. The van der Waals surface area contributed by atoms with Crippen molar-refractivity contribution in [3.05, 3.63) is 24.4 Å². The number of fused-ring (bicyclic) bond motifs is 1. The van der Waals surface area contributed by atoms with Gasteiger partial charge in [-0.25, -0.2) is 4.99 Å². The molecule has 2 aromatic rings. The zero-order valence-corrected chi connectivity index (χ0v) is 14.3. The number of carboxylic acid groups (broad SMARTS) is 1. The molecule has 1 fully saturated rings. The van der Waals surface area contributed by atoms with Crippen LogP contribution in [-0.4, -0.2) is 39.8 Å². The lowest BCUT2D eigenvalue weighted by Crippen LogP contribution is -2.40. The molecule has 1 aromatic carbocycles. The van der Waals surface area contributed by atoms with Gasteiger partial charge in [-0.05, 0) is 31.0 Å². The van der Waals surface area contributed by atoms with E-state index in [-0.39, 0.29) is 6.54 Å². The van der Waals surface area contributed by atoms with E-state index in [4.69, 9.17) is 5.11 Å². The molecular formula is C18H25N5O2. The molecule has 0 bridgehead atoms. The van der Waals surface area contributed by atoms with E-state index in [9.17, 15) is 4.79 Å². The summed E-state index contributed by atoms with van der Waals surface area (Å²) in [5.41, 5.74) is 1.77. The first kappa shape index (κ1) is 17.3. The minimum Gasteiger partial charge on any atom is -0.480 e. The van der Waals surface area contributed by atoms with Crippen LogP contribution in [0.15, 0.2) is 29.4 Å². The van der Waals surface area contributed by atoms with E-state index >= 15 is 0 Å². The first-order chi connectivity index (χ1) is 12.2. The number of aliphatic imine (C=N–C) groups is 1. The predicted molar refractivity (Wildman–Crippen MR) is 98.9 cm³/mol. The Bertz CT molecular complexity index is 732. The van der Waals surface area contributed by atoms with Gasteiger partial charge in [-0.1, -0.05) is 32.1 Å². The average molecular weight is 343 g/mol. The number of rotatable bonds is 4. The van der Waals surface area contributed by atoms with Gasteiger partial charge in [-0.3, -0.25) is 9.89 Å². The molecule has 1 aromatic heterocycles. The predicted octanol–water partition coefficient (Wildman–Crippen LogP) is 3.12. The second-order valence-electron chi connectivity index (χ2n) is 6.54. The molecule has 4 N–H and O–H groups in total. The largest absolute Gasteiger partial charge is 0.480 e. The third kappa shape index (κ3) is 5.20. The zero-order valence-electron chi connectivity index (χ0n) is 14.3. The molecule has 134 valence electrons. The van der Waals surface area contributed by atoms with Crippen molar-refractivity contribution < 1.29 is 9.90 Å². The SMILES string of the molecule is O=C(O)CN=C(Nc1ccc2cn[nH]c2c1)NC1CCCCCCC1.